The van der Waals surface area contributed by atoms with Crippen LogP contribution >= 0.6 is 0 Å². The maximum absolute atomic E-state index is 10.1. The number of rotatable bonds is 4. The third-order valence-corrected chi connectivity index (χ3v) is 2.94. The molecule has 0 aliphatic rings. The number of aliphatic hydroxyl groups excluding tert-OH is 1. The van der Waals surface area contributed by atoms with Gasteiger partial charge < -0.3 is 14.3 Å². The van der Waals surface area contributed by atoms with E-state index in [9.17, 15) is 5.11 Å². The second-order valence-corrected chi connectivity index (χ2v) is 4.48. The molecule has 1 unspecified atom stereocenters. The predicted molar refractivity (Wildman–Crippen MR) is 69.8 cm³/mol. The number of ether oxygens (including phenoxy) is 1. The van der Waals surface area contributed by atoms with E-state index in [1.807, 2.05) is 44.2 Å². The maximum atomic E-state index is 10.1. The molecule has 2 aromatic rings. The van der Waals surface area contributed by atoms with Crippen LogP contribution in [-0.2, 0) is 6.42 Å². The summed E-state index contributed by atoms with van der Waals surface area (Å²) < 4.78 is 10.7. The maximum Gasteiger partial charge on any atom is 0.132 e. The third kappa shape index (κ3) is 2.74. The number of furan rings is 1. The Bertz CT molecular complexity index is 528. The average molecular weight is 246 g/mol. The van der Waals surface area contributed by atoms with Crippen molar-refractivity contribution in [1.82, 2.24) is 0 Å². The number of hydrogen-bond acceptors (Lipinski definition) is 3. The average Bonchev–Trinajstić information content (AvgIpc) is 2.76. The van der Waals surface area contributed by atoms with E-state index in [0.717, 1.165) is 22.6 Å². The standard InChI is InChI=1S/C15H18O3/c1-10-4-6-14(17-3)12(8-10)9-13(16)15-7-5-11(2)18-15/h4-8,13,16H,9H2,1-3H3. The van der Waals surface area contributed by atoms with Gasteiger partial charge >= 0.3 is 0 Å². The zero-order valence-corrected chi connectivity index (χ0v) is 10.9. The molecular weight excluding hydrogens is 228 g/mol. The fourth-order valence-electron chi connectivity index (χ4n) is 2.01. The molecule has 0 aliphatic heterocycles. The largest absolute Gasteiger partial charge is 0.496 e. The summed E-state index contributed by atoms with van der Waals surface area (Å²) >= 11 is 0. The Kier molecular flexibility index (Phi) is 3.72. The molecule has 0 amide bonds. The van der Waals surface area contributed by atoms with Gasteiger partial charge in [0.1, 0.15) is 23.4 Å². The minimum Gasteiger partial charge on any atom is -0.496 e. The van der Waals surface area contributed by atoms with Gasteiger partial charge in [-0.05, 0) is 37.6 Å². The minimum absolute atomic E-state index is 0.484. The molecule has 0 spiro atoms. The second-order valence-electron chi connectivity index (χ2n) is 4.48. The summed E-state index contributed by atoms with van der Waals surface area (Å²) in [6.45, 7) is 3.88. The molecule has 18 heavy (non-hydrogen) atoms. The van der Waals surface area contributed by atoms with Crippen molar-refractivity contribution < 1.29 is 14.3 Å². The molecule has 1 heterocycles. The molecule has 3 heteroatoms. The lowest BCUT2D eigenvalue weighted by Crippen LogP contribution is -2.02. The SMILES string of the molecule is COc1ccc(C)cc1CC(O)c1ccc(C)o1. The second kappa shape index (κ2) is 5.27. The Morgan fingerprint density at radius 1 is 1.22 bits per heavy atom. The first kappa shape index (κ1) is 12.7. The summed E-state index contributed by atoms with van der Waals surface area (Å²) in [5, 5.41) is 10.1. The lowest BCUT2D eigenvalue weighted by molar-refractivity contribution is 0.148. The van der Waals surface area contributed by atoms with Gasteiger partial charge in [0.05, 0.1) is 7.11 Å². The Morgan fingerprint density at radius 3 is 2.61 bits per heavy atom. The first-order valence-corrected chi connectivity index (χ1v) is 5.98. The molecule has 0 bridgehead atoms. The van der Waals surface area contributed by atoms with E-state index in [4.69, 9.17) is 9.15 Å². The quantitative estimate of drug-likeness (QED) is 0.901. The van der Waals surface area contributed by atoms with Crippen LogP contribution in [0.3, 0.4) is 0 Å². The van der Waals surface area contributed by atoms with Gasteiger partial charge in [-0.25, -0.2) is 0 Å². The normalized spacial score (nSPS) is 12.4. The van der Waals surface area contributed by atoms with E-state index in [0.29, 0.717) is 12.2 Å². The molecule has 1 atom stereocenters. The summed E-state index contributed by atoms with van der Waals surface area (Å²) in [7, 11) is 1.64. The lowest BCUT2D eigenvalue weighted by atomic mass is 10.0. The van der Waals surface area contributed by atoms with Crippen molar-refractivity contribution in [1.29, 1.82) is 0 Å². The summed E-state index contributed by atoms with van der Waals surface area (Å²) in [5.74, 6) is 2.19. The van der Waals surface area contributed by atoms with Crippen molar-refractivity contribution in [3.63, 3.8) is 0 Å². The van der Waals surface area contributed by atoms with Crippen molar-refractivity contribution in [2.75, 3.05) is 7.11 Å². The molecular formula is C15H18O3. The fraction of sp³-hybridized carbons (Fsp3) is 0.333. The van der Waals surface area contributed by atoms with Gasteiger partial charge in [0, 0.05) is 6.42 Å². The van der Waals surface area contributed by atoms with Gasteiger partial charge in [-0.15, -0.1) is 0 Å². The van der Waals surface area contributed by atoms with E-state index in [1.165, 1.54) is 0 Å². The zero-order chi connectivity index (χ0) is 13.1. The van der Waals surface area contributed by atoms with Crippen molar-refractivity contribution in [2.45, 2.75) is 26.4 Å². The van der Waals surface area contributed by atoms with Gasteiger partial charge in [-0.3, -0.25) is 0 Å². The molecule has 2 rings (SSSR count). The fourth-order valence-corrected chi connectivity index (χ4v) is 2.01. The van der Waals surface area contributed by atoms with E-state index in [-0.39, 0.29) is 0 Å². The molecule has 0 saturated carbocycles. The number of aryl methyl sites for hydroxylation is 2. The van der Waals surface area contributed by atoms with Gasteiger partial charge in [-0.2, -0.15) is 0 Å². The van der Waals surface area contributed by atoms with Crippen LogP contribution in [0.5, 0.6) is 5.75 Å². The van der Waals surface area contributed by atoms with E-state index in [1.54, 1.807) is 7.11 Å². The molecule has 0 saturated heterocycles. The molecule has 1 N–H and O–H groups in total. The number of benzene rings is 1. The van der Waals surface area contributed by atoms with Gasteiger partial charge in [0.2, 0.25) is 0 Å². The highest BCUT2D eigenvalue weighted by molar-refractivity contribution is 5.37. The molecule has 0 fully saturated rings. The van der Waals surface area contributed by atoms with Crippen LogP contribution in [-0.4, -0.2) is 12.2 Å². The molecule has 1 aromatic carbocycles. The zero-order valence-electron chi connectivity index (χ0n) is 10.9. The monoisotopic (exact) mass is 246 g/mol. The summed E-state index contributed by atoms with van der Waals surface area (Å²) in [5.41, 5.74) is 2.13. The van der Waals surface area contributed by atoms with Crippen LogP contribution in [0, 0.1) is 13.8 Å². The molecule has 1 aromatic heterocycles. The number of aliphatic hydroxyl groups is 1. The molecule has 3 nitrogen and oxygen atoms in total. The van der Waals surface area contributed by atoms with Crippen LogP contribution in [0.1, 0.15) is 28.8 Å². The van der Waals surface area contributed by atoms with Crippen LogP contribution in [0.2, 0.25) is 0 Å². The van der Waals surface area contributed by atoms with Crippen LogP contribution in [0.4, 0.5) is 0 Å². The lowest BCUT2D eigenvalue weighted by Gasteiger charge is -2.12. The first-order valence-electron chi connectivity index (χ1n) is 5.98. The van der Waals surface area contributed by atoms with Crippen molar-refractivity contribution in [3.8, 4) is 5.75 Å². The van der Waals surface area contributed by atoms with Gasteiger partial charge in [-0.1, -0.05) is 17.7 Å². The predicted octanol–water partition coefficient (Wildman–Crippen LogP) is 3.18. The molecule has 96 valence electrons. The highest BCUT2D eigenvalue weighted by Crippen LogP contribution is 2.26. The summed E-state index contributed by atoms with van der Waals surface area (Å²) in [6.07, 6.45) is -0.160. The highest BCUT2D eigenvalue weighted by Gasteiger charge is 2.15. The van der Waals surface area contributed by atoms with Crippen LogP contribution in [0.25, 0.3) is 0 Å². The Balaban J connectivity index is 2.20. The number of methoxy groups -OCH3 is 1. The summed E-state index contributed by atoms with van der Waals surface area (Å²) in [6, 6.07) is 9.60. The smallest absolute Gasteiger partial charge is 0.132 e. The Hall–Kier alpha value is -1.74. The molecule has 0 aliphatic carbocycles. The van der Waals surface area contributed by atoms with Crippen LogP contribution in [0.15, 0.2) is 34.7 Å². The van der Waals surface area contributed by atoms with E-state index >= 15 is 0 Å². The molecule has 0 radical (unpaired) electrons. The van der Waals surface area contributed by atoms with Crippen molar-refractivity contribution in [2.24, 2.45) is 0 Å². The Morgan fingerprint density at radius 2 is 2.00 bits per heavy atom. The topological polar surface area (TPSA) is 42.6 Å². The Labute approximate surface area is 107 Å². The first-order chi connectivity index (χ1) is 8.60. The van der Waals surface area contributed by atoms with E-state index < -0.39 is 6.10 Å². The highest BCUT2D eigenvalue weighted by atomic mass is 16.5. The van der Waals surface area contributed by atoms with Gasteiger partial charge in [0.25, 0.3) is 0 Å². The number of hydrogen-bond donors (Lipinski definition) is 1. The van der Waals surface area contributed by atoms with Crippen molar-refractivity contribution >= 4 is 0 Å². The van der Waals surface area contributed by atoms with Crippen molar-refractivity contribution in [3.05, 3.63) is 53.0 Å². The minimum atomic E-state index is -0.644. The van der Waals surface area contributed by atoms with E-state index in [2.05, 4.69) is 0 Å². The summed E-state index contributed by atoms with van der Waals surface area (Å²) in [4.78, 5) is 0. The van der Waals surface area contributed by atoms with Crippen LogP contribution < -0.4 is 4.74 Å². The third-order valence-electron chi connectivity index (χ3n) is 2.94. The van der Waals surface area contributed by atoms with Gasteiger partial charge in [0.15, 0.2) is 0 Å².